The molecular weight excluding hydrogens is 350 g/mol. The average Bonchev–Trinajstić information content (AvgIpc) is 3.08. The summed E-state index contributed by atoms with van der Waals surface area (Å²) in [7, 11) is 1.85. The number of hydrogen-bond donors (Lipinski definition) is 2. The average molecular weight is 388 g/mol. The Morgan fingerprint density at radius 3 is 2.43 bits per heavy atom. The smallest absolute Gasteiger partial charge is 0.191 e. The number of nitrogens with zero attached hydrogens (tertiary/aromatic N) is 3. The number of nitrogens with one attached hydrogen (secondary N) is 2. The van der Waals surface area contributed by atoms with Crippen LogP contribution in [0.25, 0.3) is 0 Å². The summed E-state index contributed by atoms with van der Waals surface area (Å²) in [5.74, 6) is 1.51. The van der Waals surface area contributed by atoms with E-state index in [4.69, 9.17) is 4.74 Å². The lowest BCUT2D eigenvalue weighted by Gasteiger charge is -2.26. The fourth-order valence-electron chi connectivity index (χ4n) is 3.95. The Balaban J connectivity index is 1.45. The SMILES string of the molecule is CN=C(NCc1ccc(CN2CCOCC2)cc1)NC1CN(C(C)C)CC1C. The Labute approximate surface area is 170 Å². The standard InChI is InChI=1S/C22H37N5O/c1-17(2)27-14-18(3)21(16-27)25-22(23-4)24-13-19-5-7-20(8-6-19)15-26-9-11-28-12-10-26/h5-8,17-18,21H,9-16H2,1-4H3,(H2,23,24,25). The van der Waals surface area contributed by atoms with Gasteiger partial charge in [0.15, 0.2) is 5.96 Å². The summed E-state index contributed by atoms with van der Waals surface area (Å²) < 4.78 is 5.42. The minimum Gasteiger partial charge on any atom is -0.379 e. The molecular formula is C22H37N5O. The first-order valence-electron chi connectivity index (χ1n) is 10.6. The van der Waals surface area contributed by atoms with Gasteiger partial charge in [-0.3, -0.25) is 14.8 Å². The molecule has 2 aliphatic rings. The van der Waals surface area contributed by atoms with Crippen molar-refractivity contribution in [1.29, 1.82) is 0 Å². The predicted molar refractivity (Wildman–Crippen MR) is 116 cm³/mol. The van der Waals surface area contributed by atoms with Gasteiger partial charge in [-0.05, 0) is 30.9 Å². The topological polar surface area (TPSA) is 52.1 Å². The van der Waals surface area contributed by atoms with Gasteiger partial charge in [0.05, 0.1) is 13.2 Å². The van der Waals surface area contributed by atoms with Crippen molar-refractivity contribution in [2.24, 2.45) is 10.9 Å². The summed E-state index contributed by atoms with van der Waals surface area (Å²) in [4.78, 5) is 9.40. The van der Waals surface area contributed by atoms with E-state index in [1.54, 1.807) is 0 Å². The van der Waals surface area contributed by atoms with E-state index in [0.29, 0.717) is 18.0 Å². The van der Waals surface area contributed by atoms with E-state index in [-0.39, 0.29) is 0 Å². The van der Waals surface area contributed by atoms with Gasteiger partial charge in [0, 0.05) is 58.4 Å². The monoisotopic (exact) mass is 387 g/mol. The van der Waals surface area contributed by atoms with Crippen molar-refractivity contribution in [3.63, 3.8) is 0 Å². The summed E-state index contributed by atoms with van der Waals surface area (Å²) in [5.41, 5.74) is 2.64. The Hall–Kier alpha value is -1.63. The largest absolute Gasteiger partial charge is 0.379 e. The normalized spacial score (nSPS) is 24.7. The highest BCUT2D eigenvalue weighted by atomic mass is 16.5. The number of benzene rings is 1. The van der Waals surface area contributed by atoms with Gasteiger partial charge in [-0.1, -0.05) is 31.2 Å². The number of rotatable bonds is 6. The predicted octanol–water partition coefficient (Wildman–Crippen LogP) is 1.91. The minimum absolute atomic E-state index is 0.449. The maximum absolute atomic E-state index is 5.42. The van der Waals surface area contributed by atoms with Crippen molar-refractivity contribution in [2.75, 3.05) is 46.4 Å². The third-order valence-corrected chi connectivity index (χ3v) is 5.91. The Kier molecular flexibility index (Phi) is 7.71. The van der Waals surface area contributed by atoms with Crippen LogP contribution < -0.4 is 10.6 Å². The lowest BCUT2D eigenvalue weighted by molar-refractivity contribution is 0.0342. The highest BCUT2D eigenvalue weighted by molar-refractivity contribution is 5.80. The summed E-state index contributed by atoms with van der Waals surface area (Å²) in [6.07, 6.45) is 0. The molecule has 1 aromatic carbocycles. The number of morpholine rings is 1. The van der Waals surface area contributed by atoms with Gasteiger partial charge in [-0.2, -0.15) is 0 Å². The summed E-state index contributed by atoms with van der Waals surface area (Å²) in [6.45, 7) is 14.6. The number of likely N-dealkylation sites (tertiary alicyclic amines) is 1. The van der Waals surface area contributed by atoms with E-state index in [0.717, 1.165) is 58.4 Å². The fraction of sp³-hybridized carbons (Fsp3) is 0.682. The van der Waals surface area contributed by atoms with E-state index in [2.05, 4.69) is 70.5 Å². The fourth-order valence-corrected chi connectivity index (χ4v) is 3.95. The molecule has 2 fully saturated rings. The molecule has 28 heavy (non-hydrogen) atoms. The van der Waals surface area contributed by atoms with E-state index in [9.17, 15) is 0 Å². The summed E-state index contributed by atoms with van der Waals surface area (Å²) >= 11 is 0. The highest BCUT2D eigenvalue weighted by Gasteiger charge is 2.31. The van der Waals surface area contributed by atoms with Gasteiger partial charge in [0.2, 0.25) is 0 Å². The van der Waals surface area contributed by atoms with Gasteiger partial charge < -0.3 is 15.4 Å². The second-order valence-corrected chi connectivity index (χ2v) is 8.41. The maximum Gasteiger partial charge on any atom is 0.191 e. The molecule has 3 rings (SSSR count). The molecule has 0 saturated carbocycles. The molecule has 2 unspecified atom stereocenters. The molecule has 1 aromatic rings. The van der Waals surface area contributed by atoms with E-state index in [1.807, 2.05) is 7.05 Å². The van der Waals surface area contributed by atoms with Gasteiger partial charge in [-0.15, -0.1) is 0 Å². The molecule has 0 bridgehead atoms. The zero-order chi connectivity index (χ0) is 19.9. The number of ether oxygens (including phenoxy) is 1. The van der Waals surface area contributed by atoms with Crippen LogP contribution in [-0.2, 0) is 17.8 Å². The molecule has 2 saturated heterocycles. The number of aliphatic imine (C=N–C) groups is 1. The lowest BCUT2D eigenvalue weighted by atomic mass is 10.1. The molecule has 2 heterocycles. The minimum atomic E-state index is 0.449. The first-order chi connectivity index (χ1) is 13.5. The summed E-state index contributed by atoms with van der Waals surface area (Å²) in [6, 6.07) is 9.96. The zero-order valence-electron chi connectivity index (χ0n) is 17.9. The van der Waals surface area contributed by atoms with Crippen LogP contribution in [0.4, 0.5) is 0 Å². The third kappa shape index (κ3) is 5.93. The van der Waals surface area contributed by atoms with Crippen molar-refractivity contribution < 1.29 is 4.74 Å². The zero-order valence-corrected chi connectivity index (χ0v) is 17.9. The van der Waals surface area contributed by atoms with Crippen LogP contribution in [0.15, 0.2) is 29.3 Å². The van der Waals surface area contributed by atoms with Crippen LogP contribution in [-0.4, -0.2) is 74.3 Å². The van der Waals surface area contributed by atoms with Crippen LogP contribution in [0.1, 0.15) is 31.9 Å². The molecule has 6 nitrogen and oxygen atoms in total. The van der Waals surface area contributed by atoms with Gasteiger partial charge in [-0.25, -0.2) is 0 Å². The van der Waals surface area contributed by atoms with Crippen molar-refractivity contribution in [3.05, 3.63) is 35.4 Å². The molecule has 0 amide bonds. The Morgan fingerprint density at radius 2 is 1.82 bits per heavy atom. The second-order valence-electron chi connectivity index (χ2n) is 8.41. The van der Waals surface area contributed by atoms with Gasteiger partial charge in [0.25, 0.3) is 0 Å². The molecule has 6 heteroatoms. The first-order valence-corrected chi connectivity index (χ1v) is 10.6. The molecule has 2 atom stereocenters. The summed E-state index contributed by atoms with van der Waals surface area (Å²) in [5, 5.41) is 7.09. The quantitative estimate of drug-likeness (QED) is 0.577. The first kappa shape index (κ1) is 21.1. The molecule has 2 N–H and O–H groups in total. The second kappa shape index (κ2) is 10.2. The van der Waals surface area contributed by atoms with Crippen molar-refractivity contribution in [2.45, 2.75) is 45.9 Å². The van der Waals surface area contributed by atoms with Crippen LogP contribution >= 0.6 is 0 Å². The molecule has 0 spiro atoms. The molecule has 156 valence electrons. The third-order valence-electron chi connectivity index (χ3n) is 5.91. The van der Waals surface area contributed by atoms with Crippen molar-refractivity contribution in [1.82, 2.24) is 20.4 Å². The van der Waals surface area contributed by atoms with Crippen LogP contribution in [0, 0.1) is 5.92 Å². The number of hydrogen-bond acceptors (Lipinski definition) is 4. The van der Waals surface area contributed by atoms with Crippen LogP contribution in [0.5, 0.6) is 0 Å². The molecule has 0 aromatic heterocycles. The maximum atomic E-state index is 5.42. The molecule has 2 aliphatic heterocycles. The number of guanidine groups is 1. The molecule has 0 aliphatic carbocycles. The van der Waals surface area contributed by atoms with Crippen LogP contribution in [0.2, 0.25) is 0 Å². The van der Waals surface area contributed by atoms with Gasteiger partial charge in [0.1, 0.15) is 0 Å². The molecule has 0 radical (unpaired) electrons. The Bertz CT molecular complexity index is 624. The van der Waals surface area contributed by atoms with Crippen molar-refractivity contribution >= 4 is 5.96 Å². The van der Waals surface area contributed by atoms with Crippen LogP contribution in [0.3, 0.4) is 0 Å². The van der Waals surface area contributed by atoms with E-state index in [1.165, 1.54) is 11.1 Å². The van der Waals surface area contributed by atoms with E-state index >= 15 is 0 Å². The lowest BCUT2D eigenvalue weighted by Crippen LogP contribution is -2.46. The van der Waals surface area contributed by atoms with E-state index < -0.39 is 0 Å². The van der Waals surface area contributed by atoms with Crippen molar-refractivity contribution in [3.8, 4) is 0 Å². The Morgan fingerprint density at radius 1 is 1.14 bits per heavy atom. The highest BCUT2D eigenvalue weighted by Crippen LogP contribution is 2.18. The van der Waals surface area contributed by atoms with Gasteiger partial charge >= 0.3 is 0 Å².